The number of methoxy groups -OCH3 is 1. The fourth-order valence-corrected chi connectivity index (χ4v) is 3.18. The van der Waals surface area contributed by atoms with E-state index in [2.05, 4.69) is 44.3 Å². The van der Waals surface area contributed by atoms with Crippen LogP contribution >= 0.6 is 0 Å². The Morgan fingerprint density at radius 2 is 2.00 bits per heavy atom. The second kappa shape index (κ2) is 6.70. The topological polar surface area (TPSA) is 30.5 Å². The average molecular weight is 277 g/mol. The summed E-state index contributed by atoms with van der Waals surface area (Å²) in [6, 6.07) is 6.89. The maximum Gasteiger partial charge on any atom is 0.0916 e. The van der Waals surface area contributed by atoms with Gasteiger partial charge in [0, 0.05) is 33.2 Å². The summed E-state index contributed by atoms with van der Waals surface area (Å²) in [6.07, 6.45) is 1.88. The van der Waals surface area contributed by atoms with Crippen LogP contribution in [0.1, 0.15) is 42.5 Å². The minimum absolute atomic E-state index is 0.160. The quantitative estimate of drug-likeness (QED) is 0.897. The van der Waals surface area contributed by atoms with Crippen LogP contribution in [-0.2, 0) is 9.47 Å². The lowest BCUT2D eigenvalue weighted by Crippen LogP contribution is -2.49. The molecule has 0 aromatic heterocycles. The van der Waals surface area contributed by atoms with Gasteiger partial charge in [0.05, 0.1) is 11.6 Å². The molecule has 3 heteroatoms. The highest BCUT2D eigenvalue weighted by Gasteiger charge is 2.41. The third kappa shape index (κ3) is 3.05. The van der Waals surface area contributed by atoms with Crippen LogP contribution in [0.15, 0.2) is 18.2 Å². The number of rotatable bonds is 5. The van der Waals surface area contributed by atoms with Gasteiger partial charge in [0.2, 0.25) is 0 Å². The minimum Gasteiger partial charge on any atom is -0.381 e. The van der Waals surface area contributed by atoms with Crippen LogP contribution in [0.25, 0.3) is 0 Å². The van der Waals surface area contributed by atoms with Crippen molar-refractivity contribution in [3.8, 4) is 0 Å². The van der Waals surface area contributed by atoms with E-state index in [1.807, 2.05) is 7.11 Å². The predicted octanol–water partition coefficient (Wildman–Crippen LogP) is 3.15. The van der Waals surface area contributed by atoms with Gasteiger partial charge in [0.15, 0.2) is 0 Å². The summed E-state index contributed by atoms with van der Waals surface area (Å²) in [6.45, 7) is 8.98. The molecule has 1 aromatic rings. The minimum atomic E-state index is -0.160. The van der Waals surface area contributed by atoms with E-state index in [1.165, 1.54) is 16.7 Å². The van der Waals surface area contributed by atoms with Crippen molar-refractivity contribution in [2.75, 3.05) is 26.9 Å². The monoisotopic (exact) mass is 277 g/mol. The first-order valence-corrected chi connectivity index (χ1v) is 7.56. The smallest absolute Gasteiger partial charge is 0.0916 e. The largest absolute Gasteiger partial charge is 0.381 e. The molecule has 0 aliphatic carbocycles. The average Bonchev–Trinajstić information content (AvgIpc) is 2.48. The highest BCUT2D eigenvalue weighted by molar-refractivity contribution is 5.35. The molecule has 1 aliphatic rings. The molecule has 1 atom stereocenters. The zero-order valence-corrected chi connectivity index (χ0v) is 13.2. The molecular weight excluding hydrogens is 250 g/mol. The number of nitrogens with one attached hydrogen (secondary N) is 1. The number of hydrogen-bond acceptors (Lipinski definition) is 3. The third-order valence-corrected chi connectivity index (χ3v) is 4.43. The van der Waals surface area contributed by atoms with E-state index in [9.17, 15) is 0 Å². The molecule has 20 heavy (non-hydrogen) atoms. The maximum absolute atomic E-state index is 6.00. The Morgan fingerprint density at radius 3 is 2.60 bits per heavy atom. The van der Waals surface area contributed by atoms with Gasteiger partial charge in [-0.1, -0.05) is 30.7 Å². The molecule has 1 fully saturated rings. The fraction of sp³-hybridized carbons (Fsp3) is 0.647. The SMILES string of the molecule is CCNC(c1cc(C)ccc1C)C1(OC)CCOCC1. The van der Waals surface area contributed by atoms with Gasteiger partial charge in [0.25, 0.3) is 0 Å². The van der Waals surface area contributed by atoms with Crippen molar-refractivity contribution < 1.29 is 9.47 Å². The lowest BCUT2D eigenvalue weighted by molar-refractivity contribution is -0.111. The first-order valence-electron chi connectivity index (χ1n) is 7.56. The summed E-state index contributed by atoms with van der Waals surface area (Å²) in [7, 11) is 1.83. The Morgan fingerprint density at radius 1 is 1.30 bits per heavy atom. The Hall–Kier alpha value is -0.900. The van der Waals surface area contributed by atoms with Crippen molar-refractivity contribution in [3.63, 3.8) is 0 Å². The van der Waals surface area contributed by atoms with Gasteiger partial charge in [-0.15, -0.1) is 0 Å². The third-order valence-electron chi connectivity index (χ3n) is 4.43. The van der Waals surface area contributed by atoms with Gasteiger partial charge >= 0.3 is 0 Å². The number of hydrogen-bond donors (Lipinski definition) is 1. The Kier molecular flexibility index (Phi) is 5.19. The predicted molar refractivity (Wildman–Crippen MR) is 82.1 cm³/mol. The summed E-state index contributed by atoms with van der Waals surface area (Å²) < 4.78 is 11.5. The van der Waals surface area contributed by atoms with Crippen molar-refractivity contribution in [1.29, 1.82) is 0 Å². The standard InChI is InChI=1S/C17H27NO2/c1-5-18-16(15-12-13(2)6-7-14(15)3)17(19-4)8-10-20-11-9-17/h6-7,12,16,18H,5,8-11H2,1-4H3. The molecule has 1 aromatic carbocycles. The zero-order valence-electron chi connectivity index (χ0n) is 13.2. The van der Waals surface area contributed by atoms with E-state index in [0.717, 1.165) is 32.6 Å². The number of aryl methyl sites for hydroxylation is 2. The van der Waals surface area contributed by atoms with Gasteiger partial charge < -0.3 is 14.8 Å². The van der Waals surface area contributed by atoms with Crippen molar-refractivity contribution in [2.24, 2.45) is 0 Å². The highest BCUT2D eigenvalue weighted by atomic mass is 16.5. The van der Waals surface area contributed by atoms with Gasteiger partial charge in [-0.25, -0.2) is 0 Å². The summed E-state index contributed by atoms with van der Waals surface area (Å²) in [5.74, 6) is 0. The molecular formula is C17H27NO2. The van der Waals surface area contributed by atoms with E-state index in [1.54, 1.807) is 0 Å². The molecule has 0 spiro atoms. The van der Waals surface area contributed by atoms with E-state index in [0.29, 0.717) is 0 Å². The van der Waals surface area contributed by atoms with Gasteiger partial charge in [-0.3, -0.25) is 0 Å². The molecule has 3 nitrogen and oxygen atoms in total. The number of benzene rings is 1. The van der Waals surface area contributed by atoms with Crippen LogP contribution in [-0.4, -0.2) is 32.5 Å². The molecule has 0 amide bonds. The molecule has 1 unspecified atom stereocenters. The second-order valence-electron chi connectivity index (χ2n) is 5.73. The van der Waals surface area contributed by atoms with Crippen LogP contribution < -0.4 is 5.32 Å². The fourth-order valence-electron chi connectivity index (χ4n) is 3.18. The van der Waals surface area contributed by atoms with E-state index in [4.69, 9.17) is 9.47 Å². The van der Waals surface area contributed by atoms with Crippen LogP contribution in [0, 0.1) is 13.8 Å². The Labute approximate surface area is 122 Å². The molecule has 1 heterocycles. The summed E-state index contributed by atoms with van der Waals surface area (Å²) >= 11 is 0. The van der Waals surface area contributed by atoms with Crippen molar-refractivity contribution in [3.05, 3.63) is 34.9 Å². The summed E-state index contributed by atoms with van der Waals surface area (Å²) in [5, 5.41) is 3.65. The molecule has 0 radical (unpaired) electrons. The normalized spacial score (nSPS) is 19.8. The first kappa shape index (κ1) is 15.5. The van der Waals surface area contributed by atoms with Crippen LogP contribution in [0.5, 0.6) is 0 Å². The van der Waals surface area contributed by atoms with Crippen molar-refractivity contribution in [1.82, 2.24) is 5.32 Å². The van der Waals surface area contributed by atoms with Gasteiger partial charge in [0.1, 0.15) is 0 Å². The lowest BCUT2D eigenvalue weighted by Gasteiger charge is -2.43. The van der Waals surface area contributed by atoms with E-state index >= 15 is 0 Å². The molecule has 1 N–H and O–H groups in total. The van der Waals surface area contributed by atoms with E-state index < -0.39 is 0 Å². The summed E-state index contributed by atoms with van der Waals surface area (Å²) in [4.78, 5) is 0. The Balaban J connectivity index is 2.40. The summed E-state index contributed by atoms with van der Waals surface area (Å²) in [5.41, 5.74) is 3.82. The Bertz CT molecular complexity index is 439. The number of ether oxygens (including phenoxy) is 2. The highest BCUT2D eigenvalue weighted by Crippen LogP contribution is 2.38. The molecule has 0 bridgehead atoms. The van der Waals surface area contributed by atoms with Crippen LogP contribution in [0.2, 0.25) is 0 Å². The number of likely N-dealkylation sites (N-methyl/N-ethyl adjacent to an activating group) is 1. The van der Waals surface area contributed by atoms with Crippen molar-refractivity contribution in [2.45, 2.75) is 45.3 Å². The maximum atomic E-state index is 6.00. The van der Waals surface area contributed by atoms with Crippen LogP contribution in [0.3, 0.4) is 0 Å². The molecule has 1 aliphatic heterocycles. The van der Waals surface area contributed by atoms with Crippen molar-refractivity contribution >= 4 is 0 Å². The van der Waals surface area contributed by atoms with E-state index in [-0.39, 0.29) is 11.6 Å². The molecule has 2 rings (SSSR count). The lowest BCUT2D eigenvalue weighted by atomic mass is 9.80. The first-order chi connectivity index (χ1) is 9.63. The molecule has 112 valence electrons. The van der Waals surface area contributed by atoms with Gasteiger partial charge in [-0.2, -0.15) is 0 Å². The zero-order chi connectivity index (χ0) is 14.6. The van der Waals surface area contributed by atoms with Crippen LogP contribution in [0.4, 0.5) is 0 Å². The second-order valence-corrected chi connectivity index (χ2v) is 5.73. The molecule has 1 saturated heterocycles. The van der Waals surface area contributed by atoms with Gasteiger partial charge in [-0.05, 0) is 31.5 Å². The molecule has 0 saturated carbocycles.